The van der Waals surface area contributed by atoms with Crippen molar-refractivity contribution in [2.24, 2.45) is 0 Å². The molecule has 0 saturated heterocycles. The Morgan fingerprint density at radius 3 is 1.37 bits per heavy atom. The monoisotopic (exact) mass is 1060 g/mol. The van der Waals surface area contributed by atoms with Crippen LogP contribution in [-0.4, -0.2) is 89.1 Å². The number of para-hydroxylation sites is 2. The molecule has 0 bridgehead atoms. The summed E-state index contributed by atoms with van der Waals surface area (Å²) in [5, 5.41) is 21.5. The van der Waals surface area contributed by atoms with E-state index in [2.05, 4.69) is 45.9 Å². The molecule has 10 aromatic rings. The van der Waals surface area contributed by atoms with Crippen LogP contribution in [0.1, 0.15) is 69.4 Å². The second-order valence-electron chi connectivity index (χ2n) is 18.7. The topological polar surface area (TPSA) is 267 Å². The maximum absolute atomic E-state index is 14.3. The molecule has 0 radical (unpaired) electrons. The van der Waals surface area contributed by atoms with E-state index in [0.29, 0.717) is 33.7 Å². The number of carbonyl (C=O) groups excluding carboxylic acids is 1. The van der Waals surface area contributed by atoms with E-state index in [0.717, 1.165) is 56.3 Å². The molecule has 0 spiro atoms. The highest BCUT2D eigenvalue weighted by atomic mass is 16.4. The summed E-state index contributed by atoms with van der Waals surface area (Å²) >= 11 is 0. The van der Waals surface area contributed by atoms with E-state index in [1.807, 2.05) is 175 Å². The number of pyridine rings is 4. The molecular weight excluding hydrogens is 997 g/mol. The summed E-state index contributed by atoms with van der Waals surface area (Å²) in [4.78, 5) is 79.3. The number of amides is 1. The first-order chi connectivity index (χ1) is 38.0. The van der Waals surface area contributed by atoms with Crippen molar-refractivity contribution >= 4 is 57.0 Å². The number of aryl methyl sites for hydroxylation is 2. The molecule has 0 saturated carbocycles. The highest BCUT2D eigenvalue weighted by Crippen LogP contribution is 2.33. The first-order valence-electron chi connectivity index (χ1n) is 25.1. The molecule has 19 nitrogen and oxygen atoms in total. The lowest BCUT2D eigenvalue weighted by atomic mass is 9.98. The molecule has 0 fully saturated rings. The molecule has 2 atom stereocenters. The molecule has 0 aliphatic heterocycles. The number of nitrogens with zero attached hydrogens (tertiary/aromatic N) is 9. The van der Waals surface area contributed by atoms with Crippen LogP contribution in [0, 0.1) is 13.8 Å². The minimum Gasteiger partial charge on any atom is -0.477 e. The van der Waals surface area contributed by atoms with Crippen LogP contribution in [0.5, 0.6) is 0 Å². The number of carboxylic acids is 1. The van der Waals surface area contributed by atoms with Gasteiger partial charge in [-0.25, -0.2) is 14.8 Å². The third-order valence-electron chi connectivity index (χ3n) is 12.7. The first kappa shape index (κ1) is 55.1. The standard InChI is InChI=1S/C30H29N7O2.C28H24N6O3.C2H7N/c1-18-15-20(13-14-32-18)23-12-8-9-21-16-25(37(29(39)26(21)23)22-10-6-5-7-11-22)19(2)34-27-24(28(38)36(3)4)17-33-30(31)35-27;1-16-13-18(11-12-30-16)21-10-6-7-19-14-23(34(26(35)24(19)21)20-8-4-3-5-9-20)17(2)32-25-22(27(36)37)15-31-28(29)33-25;1-3-2/h5-17,19H,1-4H3,(H3,31,33,34,35);3-15,17H,1-2H3,(H,36,37)(H3,29,31,32,33);3H,1-2H3/t19-;17-;/m00./s1. The van der Waals surface area contributed by atoms with Gasteiger partial charge in [-0.2, -0.15) is 9.97 Å². The zero-order valence-corrected chi connectivity index (χ0v) is 44.9. The van der Waals surface area contributed by atoms with Crippen LogP contribution >= 0.6 is 0 Å². The highest BCUT2D eigenvalue weighted by molar-refractivity contribution is 5.99. The number of nitrogens with two attached hydrogens (primary N) is 2. The third kappa shape index (κ3) is 12.1. The molecule has 400 valence electrons. The van der Waals surface area contributed by atoms with Crippen LogP contribution in [0.25, 0.3) is 55.2 Å². The number of aromatic carboxylic acids is 1. The molecule has 10 rings (SSSR count). The zero-order chi connectivity index (χ0) is 56.5. The molecule has 8 N–H and O–H groups in total. The second-order valence-corrected chi connectivity index (χ2v) is 18.7. The fourth-order valence-corrected chi connectivity index (χ4v) is 9.12. The van der Waals surface area contributed by atoms with Gasteiger partial charge in [0, 0.05) is 73.0 Å². The number of benzene rings is 4. The maximum Gasteiger partial charge on any atom is 0.341 e. The summed E-state index contributed by atoms with van der Waals surface area (Å²) in [5.41, 5.74) is 19.3. The molecule has 1 amide bonds. The summed E-state index contributed by atoms with van der Waals surface area (Å²) in [7, 11) is 7.06. The zero-order valence-electron chi connectivity index (χ0n) is 44.9. The van der Waals surface area contributed by atoms with Crippen molar-refractivity contribution in [2.75, 3.05) is 50.3 Å². The first-order valence-corrected chi connectivity index (χ1v) is 25.1. The second kappa shape index (κ2) is 24.2. The minimum absolute atomic E-state index is 0.0382. The van der Waals surface area contributed by atoms with Crippen molar-refractivity contribution in [3.63, 3.8) is 0 Å². The number of rotatable bonds is 12. The lowest BCUT2D eigenvalue weighted by molar-refractivity contribution is 0.0696. The van der Waals surface area contributed by atoms with Crippen LogP contribution in [0.15, 0.2) is 168 Å². The molecule has 19 heteroatoms. The Morgan fingerprint density at radius 1 is 0.570 bits per heavy atom. The largest absolute Gasteiger partial charge is 0.477 e. The maximum atomic E-state index is 14.3. The summed E-state index contributed by atoms with van der Waals surface area (Å²) in [5.74, 6) is -1.11. The van der Waals surface area contributed by atoms with Crippen molar-refractivity contribution < 1.29 is 14.7 Å². The summed E-state index contributed by atoms with van der Waals surface area (Å²) in [6, 6.07) is 41.1. The predicted molar refractivity (Wildman–Crippen MR) is 312 cm³/mol. The Labute approximate surface area is 455 Å². The van der Waals surface area contributed by atoms with Gasteiger partial charge >= 0.3 is 5.97 Å². The van der Waals surface area contributed by atoms with E-state index in [4.69, 9.17) is 11.5 Å². The van der Waals surface area contributed by atoms with E-state index < -0.39 is 18.1 Å². The number of fused-ring (bicyclic) bond motifs is 2. The quantitative estimate of drug-likeness (QED) is 0.0666. The van der Waals surface area contributed by atoms with E-state index in [9.17, 15) is 24.3 Å². The fourth-order valence-electron chi connectivity index (χ4n) is 9.12. The summed E-state index contributed by atoms with van der Waals surface area (Å²) in [6.45, 7) is 7.59. The van der Waals surface area contributed by atoms with Crippen LogP contribution in [0.3, 0.4) is 0 Å². The van der Waals surface area contributed by atoms with E-state index in [-0.39, 0.29) is 45.9 Å². The number of nitrogen functional groups attached to an aromatic ring is 2. The van der Waals surface area contributed by atoms with Gasteiger partial charge in [0.05, 0.1) is 22.9 Å². The molecular formula is C60H60N14O5. The molecule has 0 unspecified atom stereocenters. The van der Waals surface area contributed by atoms with Gasteiger partial charge in [-0.15, -0.1) is 0 Å². The average Bonchev–Trinajstić information content (AvgIpc) is 3.64. The number of carboxylic acid groups (broad SMARTS) is 1. The van der Waals surface area contributed by atoms with Gasteiger partial charge in [-0.05, 0) is 135 Å². The van der Waals surface area contributed by atoms with E-state index in [1.54, 1.807) is 35.6 Å². The molecule has 6 aromatic heterocycles. The van der Waals surface area contributed by atoms with Crippen LogP contribution in [0.4, 0.5) is 23.5 Å². The number of anilines is 4. The predicted octanol–water partition coefficient (Wildman–Crippen LogP) is 9.05. The summed E-state index contributed by atoms with van der Waals surface area (Å²) < 4.78 is 3.35. The molecule has 4 aromatic carbocycles. The number of hydrogen-bond donors (Lipinski definition) is 6. The van der Waals surface area contributed by atoms with Crippen LogP contribution in [0.2, 0.25) is 0 Å². The van der Waals surface area contributed by atoms with Crippen molar-refractivity contribution in [3.8, 4) is 33.6 Å². The Hall–Kier alpha value is -10.1. The Bertz CT molecular complexity index is 3980. The SMILES string of the molecule is CNC.Cc1cc(-c2cccc3cc([C@H](C)Nc4nc(N)ncc4C(=O)N(C)C)n(-c4ccccc4)c(=O)c23)ccn1.Cc1cc(-c2cccc3cc([C@H](C)Nc4nc(N)ncc4C(=O)O)n(-c4ccccc4)c(=O)c23)ccn1. The minimum atomic E-state index is -1.19. The van der Waals surface area contributed by atoms with Gasteiger partial charge in [0.25, 0.3) is 17.0 Å². The Kier molecular flexibility index (Phi) is 16.9. The molecule has 6 heterocycles. The Balaban J connectivity index is 0.000000199. The van der Waals surface area contributed by atoms with Crippen LogP contribution in [-0.2, 0) is 0 Å². The number of hydrogen-bond acceptors (Lipinski definition) is 15. The lowest BCUT2D eigenvalue weighted by Crippen LogP contribution is -2.27. The summed E-state index contributed by atoms with van der Waals surface area (Å²) in [6.07, 6.45) is 6.05. The normalized spacial score (nSPS) is 11.6. The van der Waals surface area contributed by atoms with Gasteiger partial charge in [0.1, 0.15) is 22.8 Å². The van der Waals surface area contributed by atoms with Crippen molar-refractivity contribution in [1.82, 2.24) is 49.3 Å². The number of aromatic nitrogens is 8. The van der Waals surface area contributed by atoms with E-state index in [1.165, 1.54) is 11.1 Å². The molecule has 0 aliphatic rings. The van der Waals surface area contributed by atoms with E-state index >= 15 is 0 Å². The molecule has 79 heavy (non-hydrogen) atoms. The van der Waals surface area contributed by atoms with Gasteiger partial charge < -0.3 is 37.4 Å². The van der Waals surface area contributed by atoms with Crippen LogP contribution < -0.4 is 38.5 Å². The smallest absolute Gasteiger partial charge is 0.341 e. The van der Waals surface area contributed by atoms with Crippen molar-refractivity contribution in [2.45, 2.75) is 39.8 Å². The molecule has 0 aliphatic carbocycles. The van der Waals surface area contributed by atoms with Crippen molar-refractivity contribution in [3.05, 3.63) is 213 Å². The Morgan fingerprint density at radius 2 is 0.975 bits per heavy atom. The van der Waals surface area contributed by atoms with Gasteiger partial charge in [-0.3, -0.25) is 33.5 Å². The third-order valence-corrected chi connectivity index (χ3v) is 12.7. The lowest BCUT2D eigenvalue weighted by Gasteiger charge is -2.23. The van der Waals surface area contributed by atoms with Crippen molar-refractivity contribution in [1.29, 1.82) is 0 Å². The fraction of sp³-hybridized carbons (Fsp3) is 0.167. The van der Waals surface area contributed by atoms with Gasteiger partial charge in [0.2, 0.25) is 11.9 Å². The van der Waals surface area contributed by atoms with Gasteiger partial charge in [-0.1, -0.05) is 72.8 Å². The van der Waals surface area contributed by atoms with Gasteiger partial charge in [0.15, 0.2) is 0 Å². The number of nitrogens with one attached hydrogen (secondary N) is 3. The average molecular weight is 1060 g/mol. The highest BCUT2D eigenvalue weighted by Gasteiger charge is 2.24. The number of carbonyl (C=O) groups is 2.